The number of amides is 1. The van der Waals surface area contributed by atoms with Crippen LogP contribution in [0.2, 0.25) is 0 Å². The Balaban J connectivity index is 2.17. The number of epoxide rings is 1. The highest BCUT2D eigenvalue weighted by Crippen LogP contribution is 2.12. The third-order valence-electron chi connectivity index (χ3n) is 1.27. The van der Waals surface area contributed by atoms with Crippen LogP contribution < -0.4 is 5.32 Å². The van der Waals surface area contributed by atoms with Gasteiger partial charge in [-0.1, -0.05) is 0 Å². The maximum atomic E-state index is 9.98. The second-order valence-electron chi connectivity index (χ2n) is 2.11. The summed E-state index contributed by atoms with van der Waals surface area (Å²) in [5, 5.41) is 10.5. The van der Waals surface area contributed by atoms with Gasteiger partial charge in [0.1, 0.15) is 6.10 Å². The zero-order valence-corrected chi connectivity index (χ0v) is 5.13. The molecule has 1 amide bonds. The van der Waals surface area contributed by atoms with Gasteiger partial charge in [0.15, 0.2) is 0 Å². The first-order valence-electron chi connectivity index (χ1n) is 2.81. The summed E-state index contributed by atoms with van der Waals surface area (Å²) in [4.78, 5) is 9.98. The largest absolute Gasteiger partial charge is 0.465 e. The number of hydrogen-bond acceptors (Lipinski definition) is 2. The molecule has 4 heteroatoms. The van der Waals surface area contributed by atoms with Gasteiger partial charge in [0.25, 0.3) is 0 Å². The molecule has 1 heterocycles. The smallest absolute Gasteiger partial charge is 0.404 e. The third kappa shape index (κ3) is 1.89. The zero-order chi connectivity index (χ0) is 6.85. The Bertz CT molecular complexity index is 121. The van der Waals surface area contributed by atoms with Crippen LogP contribution in [0.15, 0.2) is 0 Å². The molecule has 4 nitrogen and oxygen atoms in total. The summed E-state index contributed by atoms with van der Waals surface area (Å²) in [6.07, 6.45) is -0.876. The zero-order valence-electron chi connectivity index (χ0n) is 5.13. The van der Waals surface area contributed by atoms with E-state index in [0.717, 1.165) is 0 Å². The van der Waals surface area contributed by atoms with Crippen LogP contribution in [-0.4, -0.2) is 30.0 Å². The highest BCUT2D eigenvalue weighted by molar-refractivity contribution is 5.64. The van der Waals surface area contributed by atoms with Gasteiger partial charge in [-0.3, -0.25) is 0 Å². The number of ether oxygens (including phenoxy) is 1. The monoisotopic (exact) mass is 131 g/mol. The first-order chi connectivity index (χ1) is 4.20. The van der Waals surface area contributed by atoms with E-state index in [1.165, 1.54) is 0 Å². The second-order valence-corrected chi connectivity index (χ2v) is 2.11. The molecule has 0 spiro atoms. The molecular formula is C5H9NO3. The number of hydrogen-bond donors (Lipinski definition) is 2. The van der Waals surface area contributed by atoms with Crippen molar-refractivity contribution in [1.82, 2.24) is 5.32 Å². The molecule has 0 aromatic heterocycles. The summed E-state index contributed by atoms with van der Waals surface area (Å²) in [7, 11) is 0. The fraction of sp³-hybridized carbons (Fsp3) is 0.800. The average Bonchev–Trinajstić information content (AvgIpc) is 2.40. The molecule has 0 bridgehead atoms. The van der Waals surface area contributed by atoms with Crippen molar-refractivity contribution in [3.8, 4) is 0 Å². The van der Waals surface area contributed by atoms with Gasteiger partial charge in [-0.05, 0) is 6.92 Å². The maximum Gasteiger partial charge on any atom is 0.404 e. The molecule has 0 aliphatic carbocycles. The second kappa shape index (κ2) is 2.23. The van der Waals surface area contributed by atoms with Crippen molar-refractivity contribution in [3.63, 3.8) is 0 Å². The average molecular weight is 131 g/mol. The number of rotatable bonds is 2. The molecule has 9 heavy (non-hydrogen) atoms. The Hall–Kier alpha value is -0.770. The lowest BCUT2D eigenvalue weighted by molar-refractivity contribution is 0.187. The molecule has 0 aromatic carbocycles. The predicted molar refractivity (Wildman–Crippen MR) is 30.4 cm³/mol. The van der Waals surface area contributed by atoms with Gasteiger partial charge in [-0.15, -0.1) is 0 Å². The molecule has 1 unspecified atom stereocenters. The van der Waals surface area contributed by atoms with Crippen molar-refractivity contribution in [2.45, 2.75) is 19.1 Å². The van der Waals surface area contributed by atoms with Crippen LogP contribution in [0, 0.1) is 0 Å². The highest BCUT2D eigenvalue weighted by atomic mass is 16.6. The Morgan fingerprint density at radius 2 is 2.56 bits per heavy atom. The Labute approximate surface area is 52.8 Å². The quantitative estimate of drug-likeness (QED) is 0.520. The Morgan fingerprint density at radius 3 is 2.89 bits per heavy atom. The normalized spacial score (nSPS) is 27.0. The van der Waals surface area contributed by atoms with Gasteiger partial charge in [-0.2, -0.15) is 0 Å². The lowest BCUT2D eigenvalue weighted by atomic mass is 10.3. The van der Waals surface area contributed by atoms with E-state index in [2.05, 4.69) is 5.32 Å². The molecule has 0 aromatic rings. The molecule has 52 valence electrons. The highest BCUT2D eigenvalue weighted by Gasteiger charge is 2.30. The molecular weight excluding hydrogens is 122 g/mol. The Morgan fingerprint density at radius 1 is 2.00 bits per heavy atom. The number of nitrogens with one attached hydrogen (secondary N) is 1. The van der Waals surface area contributed by atoms with Crippen LogP contribution in [0.3, 0.4) is 0 Å². The molecule has 1 aliphatic heterocycles. The molecule has 1 saturated heterocycles. The van der Waals surface area contributed by atoms with Crippen molar-refractivity contribution < 1.29 is 14.6 Å². The molecule has 0 radical (unpaired) electrons. The van der Waals surface area contributed by atoms with Crippen LogP contribution >= 0.6 is 0 Å². The van der Waals surface area contributed by atoms with Crippen LogP contribution in [0.25, 0.3) is 0 Å². The fourth-order valence-corrected chi connectivity index (χ4v) is 0.632. The fourth-order valence-electron chi connectivity index (χ4n) is 0.632. The molecule has 1 aliphatic rings. The van der Waals surface area contributed by atoms with E-state index in [-0.39, 0.29) is 12.1 Å². The molecule has 1 fully saturated rings. The van der Waals surface area contributed by atoms with E-state index >= 15 is 0 Å². The van der Waals surface area contributed by atoms with Crippen molar-refractivity contribution in [2.24, 2.45) is 0 Å². The van der Waals surface area contributed by atoms with E-state index in [0.29, 0.717) is 6.61 Å². The maximum absolute atomic E-state index is 9.98. The van der Waals surface area contributed by atoms with E-state index in [9.17, 15) is 4.79 Å². The van der Waals surface area contributed by atoms with E-state index < -0.39 is 6.09 Å². The lowest BCUT2D eigenvalue weighted by Gasteiger charge is -2.05. The van der Waals surface area contributed by atoms with Gasteiger partial charge in [0, 0.05) is 0 Å². The molecule has 2 N–H and O–H groups in total. The summed E-state index contributed by atoms with van der Waals surface area (Å²) in [5.74, 6) is 0. The molecule has 1 rings (SSSR count). The number of carbonyl (C=O) groups is 1. The standard InChI is InChI=1S/C5H9NO3/c1-3(4-2-9-4)6-5(7)8/h3-4,6H,2H2,1H3,(H,7,8)/t3?,4-/m1/s1. The van der Waals surface area contributed by atoms with E-state index in [4.69, 9.17) is 9.84 Å². The van der Waals surface area contributed by atoms with Crippen LogP contribution in [0.1, 0.15) is 6.92 Å². The van der Waals surface area contributed by atoms with Crippen molar-refractivity contribution in [3.05, 3.63) is 0 Å². The van der Waals surface area contributed by atoms with Crippen molar-refractivity contribution >= 4 is 6.09 Å². The van der Waals surface area contributed by atoms with Crippen LogP contribution in [0.4, 0.5) is 4.79 Å². The minimum Gasteiger partial charge on any atom is -0.465 e. The first-order valence-corrected chi connectivity index (χ1v) is 2.81. The number of carboxylic acid groups (broad SMARTS) is 1. The lowest BCUT2D eigenvalue weighted by Crippen LogP contribution is -2.35. The van der Waals surface area contributed by atoms with Gasteiger partial charge in [-0.25, -0.2) is 4.79 Å². The van der Waals surface area contributed by atoms with Gasteiger partial charge in [0.05, 0.1) is 12.6 Å². The minimum atomic E-state index is -0.988. The van der Waals surface area contributed by atoms with Crippen molar-refractivity contribution in [1.29, 1.82) is 0 Å². The van der Waals surface area contributed by atoms with E-state index in [1.54, 1.807) is 6.92 Å². The topological polar surface area (TPSA) is 61.9 Å². The SMILES string of the molecule is CC(NC(=O)O)[C@H]1CO1. The summed E-state index contributed by atoms with van der Waals surface area (Å²) >= 11 is 0. The van der Waals surface area contributed by atoms with Crippen molar-refractivity contribution in [2.75, 3.05) is 6.61 Å². The van der Waals surface area contributed by atoms with Gasteiger partial charge in [0.2, 0.25) is 0 Å². The summed E-state index contributed by atoms with van der Waals surface area (Å²) in [5.41, 5.74) is 0. The van der Waals surface area contributed by atoms with Crippen LogP contribution in [0.5, 0.6) is 0 Å². The third-order valence-corrected chi connectivity index (χ3v) is 1.27. The van der Waals surface area contributed by atoms with Gasteiger partial charge < -0.3 is 15.2 Å². The summed E-state index contributed by atoms with van der Waals surface area (Å²) < 4.78 is 4.85. The van der Waals surface area contributed by atoms with Crippen LogP contribution in [-0.2, 0) is 4.74 Å². The summed E-state index contributed by atoms with van der Waals surface area (Å²) in [6.45, 7) is 2.47. The minimum absolute atomic E-state index is 0.0671. The van der Waals surface area contributed by atoms with E-state index in [1.807, 2.05) is 0 Å². The molecule has 2 atom stereocenters. The predicted octanol–water partition coefficient (Wildman–Crippen LogP) is 0.0413. The van der Waals surface area contributed by atoms with Gasteiger partial charge >= 0.3 is 6.09 Å². The molecule has 0 saturated carbocycles. The Kier molecular flexibility index (Phi) is 1.57. The first kappa shape index (κ1) is 6.35. The summed E-state index contributed by atoms with van der Waals surface area (Å²) in [6, 6.07) is -0.0671.